The Bertz CT molecular complexity index is 825. The average molecular weight is 358 g/mol. The van der Waals surface area contributed by atoms with Crippen LogP contribution in [0.2, 0.25) is 0 Å². The second kappa shape index (κ2) is 7.48. The summed E-state index contributed by atoms with van der Waals surface area (Å²) in [6, 6.07) is 12.9. The van der Waals surface area contributed by atoms with E-state index in [-0.39, 0.29) is 41.7 Å². The van der Waals surface area contributed by atoms with Gasteiger partial charge in [-0.15, -0.1) is 0 Å². The van der Waals surface area contributed by atoms with Gasteiger partial charge in [-0.2, -0.15) is 0 Å². The molecule has 0 spiro atoms. The van der Waals surface area contributed by atoms with Crippen molar-refractivity contribution in [3.8, 4) is 0 Å². The summed E-state index contributed by atoms with van der Waals surface area (Å²) in [5.74, 6) is -0.801. The second-order valence-corrected chi connectivity index (χ2v) is 6.44. The van der Waals surface area contributed by atoms with Crippen LogP contribution in [0, 0.1) is 5.82 Å². The highest BCUT2D eigenvalue weighted by Gasteiger charge is 2.29. The van der Waals surface area contributed by atoms with Gasteiger partial charge in [0.2, 0.25) is 5.91 Å². The molecular formula is C18H15FN2O3S. The van der Waals surface area contributed by atoms with Gasteiger partial charge in [0.05, 0.1) is 12.3 Å². The van der Waals surface area contributed by atoms with Gasteiger partial charge >= 0.3 is 0 Å². The molecule has 0 unspecified atom stereocenters. The van der Waals surface area contributed by atoms with E-state index in [4.69, 9.17) is 0 Å². The fourth-order valence-electron chi connectivity index (χ4n) is 2.45. The minimum Gasteiger partial charge on any atom is -0.348 e. The number of carbonyl (C=O) groups is 3. The Morgan fingerprint density at radius 3 is 2.68 bits per heavy atom. The zero-order valence-electron chi connectivity index (χ0n) is 13.2. The third kappa shape index (κ3) is 4.06. The first-order valence-electron chi connectivity index (χ1n) is 7.62. The van der Waals surface area contributed by atoms with Crippen molar-refractivity contribution in [3.05, 3.63) is 71.0 Å². The van der Waals surface area contributed by atoms with E-state index >= 15 is 0 Å². The number of hydrogen-bond donors (Lipinski definition) is 1. The standard InChI is InChI=1S/C18H15FN2O3S/c19-15-7-2-1-5-14(15)9-20-17(23)13-6-3-4-12(8-13)10-21-16(22)11-25-18(21)24/h1-8H,9-11H2,(H,20,23). The Balaban J connectivity index is 1.66. The van der Waals surface area contributed by atoms with Crippen LogP contribution >= 0.6 is 11.8 Å². The zero-order chi connectivity index (χ0) is 17.8. The monoisotopic (exact) mass is 358 g/mol. The maximum Gasteiger partial charge on any atom is 0.289 e. The van der Waals surface area contributed by atoms with Crippen LogP contribution in [0.1, 0.15) is 21.5 Å². The van der Waals surface area contributed by atoms with Crippen molar-refractivity contribution in [2.75, 3.05) is 5.75 Å². The van der Waals surface area contributed by atoms with Crippen LogP contribution in [0.4, 0.5) is 9.18 Å². The molecule has 1 aliphatic rings. The molecule has 1 N–H and O–H groups in total. The fraction of sp³-hybridized carbons (Fsp3) is 0.167. The van der Waals surface area contributed by atoms with Gasteiger partial charge in [-0.05, 0) is 23.8 Å². The summed E-state index contributed by atoms with van der Waals surface area (Å²) in [6.07, 6.45) is 0. The minimum absolute atomic E-state index is 0.0788. The number of nitrogens with zero attached hydrogens (tertiary/aromatic N) is 1. The predicted octanol–water partition coefficient (Wildman–Crippen LogP) is 2.95. The molecule has 0 aromatic heterocycles. The molecule has 128 valence electrons. The first-order chi connectivity index (χ1) is 12.0. The summed E-state index contributed by atoms with van der Waals surface area (Å²) in [7, 11) is 0. The van der Waals surface area contributed by atoms with Gasteiger partial charge in [-0.1, -0.05) is 42.1 Å². The van der Waals surface area contributed by atoms with Gasteiger partial charge in [-0.3, -0.25) is 19.3 Å². The van der Waals surface area contributed by atoms with Gasteiger partial charge in [0, 0.05) is 17.7 Å². The Hall–Kier alpha value is -2.67. The van der Waals surface area contributed by atoms with E-state index in [9.17, 15) is 18.8 Å². The smallest absolute Gasteiger partial charge is 0.289 e. The highest BCUT2D eigenvalue weighted by atomic mass is 32.2. The quantitative estimate of drug-likeness (QED) is 0.892. The van der Waals surface area contributed by atoms with Crippen LogP contribution in [-0.2, 0) is 17.9 Å². The number of thioether (sulfide) groups is 1. The van der Waals surface area contributed by atoms with Crippen molar-refractivity contribution in [1.29, 1.82) is 0 Å². The molecule has 0 bridgehead atoms. The molecule has 0 saturated carbocycles. The van der Waals surface area contributed by atoms with Gasteiger partial charge < -0.3 is 5.32 Å². The number of benzene rings is 2. The summed E-state index contributed by atoms with van der Waals surface area (Å²) < 4.78 is 13.6. The summed E-state index contributed by atoms with van der Waals surface area (Å²) in [4.78, 5) is 36.8. The lowest BCUT2D eigenvalue weighted by molar-refractivity contribution is -0.125. The maximum absolute atomic E-state index is 13.6. The van der Waals surface area contributed by atoms with E-state index in [2.05, 4.69) is 5.32 Å². The van der Waals surface area contributed by atoms with E-state index in [1.54, 1.807) is 42.5 Å². The SMILES string of the molecule is O=C(NCc1ccccc1F)c1cccc(CN2C(=O)CSC2=O)c1. The first kappa shape index (κ1) is 17.2. The van der Waals surface area contributed by atoms with Gasteiger partial charge in [0.1, 0.15) is 5.82 Å². The molecule has 7 heteroatoms. The summed E-state index contributed by atoms with van der Waals surface area (Å²) in [6.45, 7) is 0.217. The molecule has 1 aliphatic heterocycles. The van der Waals surface area contributed by atoms with E-state index in [1.165, 1.54) is 11.0 Å². The Morgan fingerprint density at radius 2 is 1.96 bits per heavy atom. The third-order valence-electron chi connectivity index (χ3n) is 3.77. The van der Waals surface area contributed by atoms with Crippen molar-refractivity contribution in [2.24, 2.45) is 0 Å². The molecule has 2 aromatic carbocycles. The summed E-state index contributed by atoms with van der Waals surface area (Å²) in [5.41, 5.74) is 1.47. The van der Waals surface area contributed by atoms with Crippen LogP contribution in [-0.4, -0.2) is 27.7 Å². The lowest BCUT2D eigenvalue weighted by atomic mass is 10.1. The largest absolute Gasteiger partial charge is 0.348 e. The normalized spacial score (nSPS) is 14.0. The fourth-order valence-corrected chi connectivity index (χ4v) is 3.17. The van der Waals surface area contributed by atoms with E-state index in [0.717, 1.165) is 11.8 Å². The average Bonchev–Trinajstić information content (AvgIpc) is 2.93. The lowest BCUT2D eigenvalue weighted by Gasteiger charge is -2.13. The number of rotatable bonds is 5. The zero-order valence-corrected chi connectivity index (χ0v) is 14.0. The van der Waals surface area contributed by atoms with Crippen molar-refractivity contribution < 1.29 is 18.8 Å². The number of hydrogen-bond acceptors (Lipinski definition) is 4. The molecule has 2 aromatic rings. The van der Waals surface area contributed by atoms with Crippen LogP contribution in [0.5, 0.6) is 0 Å². The molecule has 1 saturated heterocycles. The molecule has 0 atom stereocenters. The van der Waals surface area contributed by atoms with Crippen LogP contribution < -0.4 is 5.32 Å². The number of halogens is 1. The third-order valence-corrected chi connectivity index (χ3v) is 4.63. The van der Waals surface area contributed by atoms with Crippen molar-refractivity contribution in [1.82, 2.24) is 10.2 Å². The summed E-state index contributed by atoms with van der Waals surface area (Å²) >= 11 is 0.973. The lowest BCUT2D eigenvalue weighted by Crippen LogP contribution is -2.28. The number of carbonyl (C=O) groups excluding carboxylic acids is 3. The topological polar surface area (TPSA) is 66.5 Å². The molecule has 0 aliphatic carbocycles. The van der Waals surface area contributed by atoms with Crippen molar-refractivity contribution in [2.45, 2.75) is 13.1 Å². The number of amides is 3. The molecule has 5 nitrogen and oxygen atoms in total. The Labute approximate surface area is 148 Å². The molecule has 25 heavy (non-hydrogen) atoms. The predicted molar refractivity (Wildman–Crippen MR) is 92.4 cm³/mol. The van der Waals surface area contributed by atoms with Gasteiger partial charge in [0.25, 0.3) is 11.1 Å². The van der Waals surface area contributed by atoms with Crippen LogP contribution in [0.3, 0.4) is 0 Å². The molecule has 1 fully saturated rings. The maximum atomic E-state index is 13.6. The molecular weight excluding hydrogens is 343 g/mol. The van der Waals surface area contributed by atoms with E-state index in [1.807, 2.05) is 0 Å². The Kier molecular flexibility index (Phi) is 5.14. The van der Waals surface area contributed by atoms with Gasteiger partial charge in [-0.25, -0.2) is 4.39 Å². The molecule has 3 rings (SSSR count). The molecule has 0 radical (unpaired) electrons. The summed E-state index contributed by atoms with van der Waals surface area (Å²) in [5, 5.41) is 2.39. The van der Waals surface area contributed by atoms with Crippen LogP contribution in [0.25, 0.3) is 0 Å². The number of imide groups is 1. The van der Waals surface area contributed by atoms with E-state index < -0.39 is 0 Å². The Morgan fingerprint density at radius 1 is 1.16 bits per heavy atom. The number of nitrogens with one attached hydrogen (secondary N) is 1. The minimum atomic E-state index is -0.375. The van der Waals surface area contributed by atoms with E-state index in [0.29, 0.717) is 16.7 Å². The van der Waals surface area contributed by atoms with Crippen LogP contribution in [0.15, 0.2) is 48.5 Å². The molecule has 3 amide bonds. The highest BCUT2D eigenvalue weighted by molar-refractivity contribution is 8.14. The first-order valence-corrected chi connectivity index (χ1v) is 8.61. The van der Waals surface area contributed by atoms with Gasteiger partial charge in [0.15, 0.2) is 0 Å². The second-order valence-electron chi connectivity index (χ2n) is 5.51. The van der Waals surface area contributed by atoms with Crippen molar-refractivity contribution >= 4 is 28.8 Å². The molecule has 1 heterocycles. The highest BCUT2D eigenvalue weighted by Crippen LogP contribution is 2.21. The van der Waals surface area contributed by atoms with Crippen molar-refractivity contribution in [3.63, 3.8) is 0 Å².